The van der Waals surface area contributed by atoms with E-state index in [4.69, 9.17) is 5.11 Å². The number of carboxylic acid groups (broad SMARTS) is 1. The highest BCUT2D eigenvalue weighted by Crippen LogP contribution is 2.45. The van der Waals surface area contributed by atoms with Crippen molar-refractivity contribution in [2.75, 3.05) is 18.0 Å². The van der Waals surface area contributed by atoms with E-state index in [0.717, 1.165) is 30.7 Å². The van der Waals surface area contributed by atoms with E-state index in [-0.39, 0.29) is 5.56 Å². The van der Waals surface area contributed by atoms with Crippen molar-refractivity contribution in [3.63, 3.8) is 0 Å². The van der Waals surface area contributed by atoms with Crippen LogP contribution in [-0.2, 0) is 0 Å². The minimum Gasteiger partial charge on any atom is -0.478 e. The molecule has 1 aromatic rings. The van der Waals surface area contributed by atoms with Gasteiger partial charge in [-0.05, 0) is 30.4 Å². The van der Waals surface area contributed by atoms with Crippen molar-refractivity contribution < 1.29 is 9.90 Å². The van der Waals surface area contributed by atoms with E-state index in [9.17, 15) is 4.79 Å². The van der Waals surface area contributed by atoms with Gasteiger partial charge in [0.1, 0.15) is 5.82 Å². The Bertz CT molecular complexity index is 392. The fraction of sp³-hybridized carbons (Fsp3) is 0.455. The third-order valence-corrected chi connectivity index (χ3v) is 3.30. The molecule has 4 nitrogen and oxygen atoms in total. The molecule has 2 heterocycles. The molecule has 0 amide bonds. The van der Waals surface area contributed by atoms with E-state index in [2.05, 4.69) is 9.88 Å². The van der Waals surface area contributed by atoms with Gasteiger partial charge in [0.05, 0.1) is 5.56 Å². The van der Waals surface area contributed by atoms with E-state index in [0.29, 0.717) is 0 Å². The highest BCUT2D eigenvalue weighted by Gasteiger charge is 2.45. The second-order valence-electron chi connectivity index (χ2n) is 4.37. The molecule has 15 heavy (non-hydrogen) atoms. The molecule has 4 heteroatoms. The van der Waals surface area contributed by atoms with Crippen LogP contribution in [0.25, 0.3) is 0 Å². The summed E-state index contributed by atoms with van der Waals surface area (Å²) in [4.78, 5) is 17.1. The number of hydrogen-bond acceptors (Lipinski definition) is 3. The maximum absolute atomic E-state index is 10.6. The maximum atomic E-state index is 10.6. The largest absolute Gasteiger partial charge is 0.478 e. The Morgan fingerprint density at radius 2 is 2.13 bits per heavy atom. The smallest absolute Gasteiger partial charge is 0.337 e. The molecule has 0 bridgehead atoms. The topological polar surface area (TPSA) is 53.4 Å². The number of carbonyl (C=O) groups is 1. The second-order valence-corrected chi connectivity index (χ2v) is 4.37. The lowest BCUT2D eigenvalue weighted by Gasteiger charge is -2.18. The van der Waals surface area contributed by atoms with Crippen molar-refractivity contribution in [3.05, 3.63) is 23.9 Å². The first-order valence-corrected chi connectivity index (χ1v) is 5.18. The summed E-state index contributed by atoms with van der Waals surface area (Å²) in [7, 11) is 0. The van der Waals surface area contributed by atoms with Gasteiger partial charge in [-0.1, -0.05) is 0 Å². The van der Waals surface area contributed by atoms with Crippen molar-refractivity contribution in [2.45, 2.75) is 6.42 Å². The van der Waals surface area contributed by atoms with E-state index < -0.39 is 5.97 Å². The average molecular weight is 204 g/mol. The quantitative estimate of drug-likeness (QED) is 0.787. The maximum Gasteiger partial charge on any atom is 0.337 e. The summed E-state index contributed by atoms with van der Waals surface area (Å²) >= 11 is 0. The van der Waals surface area contributed by atoms with Gasteiger partial charge < -0.3 is 10.0 Å². The monoisotopic (exact) mass is 204 g/mol. The number of nitrogens with zero attached hydrogens (tertiary/aromatic N) is 2. The van der Waals surface area contributed by atoms with Gasteiger partial charge in [-0.25, -0.2) is 9.78 Å². The number of rotatable bonds is 2. The summed E-state index contributed by atoms with van der Waals surface area (Å²) in [5, 5.41) is 8.74. The number of anilines is 1. The minimum absolute atomic E-state index is 0.253. The van der Waals surface area contributed by atoms with Crippen LogP contribution in [0.2, 0.25) is 0 Å². The Morgan fingerprint density at radius 3 is 2.67 bits per heavy atom. The molecule has 1 aliphatic heterocycles. The number of carboxylic acids is 1. The van der Waals surface area contributed by atoms with Gasteiger partial charge in [-0.2, -0.15) is 0 Å². The summed E-state index contributed by atoms with van der Waals surface area (Å²) in [5.74, 6) is 1.72. The Balaban J connectivity index is 1.78. The molecule has 3 rings (SSSR count). The van der Waals surface area contributed by atoms with Crippen molar-refractivity contribution in [3.8, 4) is 0 Å². The number of piperidine rings is 1. The highest BCUT2D eigenvalue weighted by atomic mass is 16.4. The molecule has 2 unspecified atom stereocenters. The summed E-state index contributed by atoms with van der Waals surface area (Å²) in [6, 6.07) is 3.42. The van der Waals surface area contributed by atoms with E-state index in [1.807, 2.05) is 0 Å². The first kappa shape index (κ1) is 8.71. The Hall–Kier alpha value is -1.58. The number of aromatic nitrogens is 1. The van der Waals surface area contributed by atoms with Gasteiger partial charge in [0.25, 0.3) is 0 Å². The summed E-state index contributed by atoms with van der Waals surface area (Å²) in [5.41, 5.74) is 0.253. The van der Waals surface area contributed by atoms with Crippen LogP contribution in [0.15, 0.2) is 18.3 Å². The van der Waals surface area contributed by atoms with Crippen LogP contribution in [0, 0.1) is 11.8 Å². The number of aromatic carboxylic acids is 1. The molecular formula is C11H12N2O2. The highest BCUT2D eigenvalue weighted by molar-refractivity contribution is 5.87. The molecule has 2 atom stereocenters. The fourth-order valence-electron chi connectivity index (χ4n) is 2.28. The molecule has 2 fully saturated rings. The van der Waals surface area contributed by atoms with Crippen LogP contribution in [0.5, 0.6) is 0 Å². The van der Waals surface area contributed by atoms with Crippen LogP contribution in [-0.4, -0.2) is 29.1 Å². The third kappa shape index (κ3) is 1.46. The van der Waals surface area contributed by atoms with Crippen LogP contribution >= 0.6 is 0 Å². The van der Waals surface area contributed by atoms with Gasteiger partial charge >= 0.3 is 5.97 Å². The zero-order valence-corrected chi connectivity index (χ0v) is 8.26. The number of pyridine rings is 1. The molecular weight excluding hydrogens is 192 g/mol. The molecule has 0 spiro atoms. The van der Waals surface area contributed by atoms with Gasteiger partial charge in [0.2, 0.25) is 0 Å². The third-order valence-electron chi connectivity index (χ3n) is 3.30. The molecule has 1 N–H and O–H groups in total. The van der Waals surface area contributed by atoms with Crippen molar-refractivity contribution in [1.29, 1.82) is 0 Å². The Kier molecular flexibility index (Phi) is 1.71. The molecule has 1 aromatic heterocycles. The van der Waals surface area contributed by atoms with Gasteiger partial charge in [-0.3, -0.25) is 0 Å². The molecule has 0 aromatic carbocycles. The zero-order chi connectivity index (χ0) is 10.4. The normalized spacial score (nSPS) is 27.6. The Morgan fingerprint density at radius 1 is 1.40 bits per heavy atom. The van der Waals surface area contributed by atoms with Crippen molar-refractivity contribution in [2.24, 2.45) is 11.8 Å². The van der Waals surface area contributed by atoms with Crippen LogP contribution in [0.4, 0.5) is 5.82 Å². The van der Waals surface area contributed by atoms with Crippen molar-refractivity contribution in [1.82, 2.24) is 4.98 Å². The van der Waals surface area contributed by atoms with Crippen LogP contribution in [0.3, 0.4) is 0 Å². The lowest BCUT2D eigenvalue weighted by molar-refractivity contribution is 0.0696. The number of hydrogen-bond donors (Lipinski definition) is 1. The molecule has 2 aliphatic rings. The molecule has 1 aliphatic carbocycles. The van der Waals surface area contributed by atoms with Crippen LogP contribution in [0.1, 0.15) is 16.8 Å². The van der Waals surface area contributed by atoms with E-state index >= 15 is 0 Å². The standard InChI is InChI=1S/C11H12N2O2/c14-11(15)7-1-2-10(12-4-7)13-5-8-3-9(8)6-13/h1-2,4,8-9H,3,5-6H2,(H,14,15). The average Bonchev–Trinajstić information content (AvgIpc) is 2.86. The minimum atomic E-state index is -0.918. The summed E-state index contributed by atoms with van der Waals surface area (Å²) < 4.78 is 0. The lowest BCUT2D eigenvalue weighted by Crippen LogP contribution is -2.22. The van der Waals surface area contributed by atoms with Gasteiger partial charge in [0.15, 0.2) is 0 Å². The molecule has 0 radical (unpaired) electrons. The van der Waals surface area contributed by atoms with Crippen LogP contribution < -0.4 is 4.90 Å². The predicted octanol–water partition coefficient (Wildman–Crippen LogP) is 1.24. The molecule has 78 valence electrons. The Labute approximate surface area is 87.5 Å². The SMILES string of the molecule is O=C(O)c1ccc(N2CC3CC3C2)nc1. The predicted molar refractivity (Wildman–Crippen MR) is 55.0 cm³/mol. The summed E-state index contributed by atoms with van der Waals surface area (Å²) in [6.45, 7) is 2.17. The lowest BCUT2D eigenvalue weighted by atomic mass is 10.3. The van der Waals surface area contributed by atoms with Gasteiger partial charge in [-0.15, -0.1) is 0 Å². The molecule has 1 saturated heterocycles. The first-order valence-electron chi connectivity index (χ1n) is 5.18. The summed E-state index contributed by atoms with van der Waals surface area (Å²) in [6.07, 6.45) is 2.80. The van der Waals surface area contributed by atoms with E-state index in [1.54, 1.807) is 12.1 Å². The molecule has 1 saturated carbocycles. The second kappa shape index (κ2) is 2.95. The fourth-order valence-corrected chi connectivity index (χ4v) is 2.28. The first-order chi connectivity index (χ1) is 7.24. The zero-order valence-electron chi connectivity index (χ0n) is 8.26. The van der Waals surface area contributed by atoms with E-state index in [1.165, 1.54) is 12.6 Å². The van der Waals surface area contributed by atoms with Crippen molar-refractivity contribution >= 4 is 11.8 Å². The number of fused-ring (bicyclic) bond motifs is 1. The van der Waals surface area contributed by atoms with Gasteiger partial charge in [0, 0.05) is 19.3 Å².